The third-order valence-corrected chi connectivity index (χ3v) is 5.26. The van der Waals surface area contributed by atoms with E-state index in [1.165, 1.54) is 0 Å². The van der Waals surface area contributed by atoms with Crippen LogP contribution in [0.15, 0.2) is 23.1 Å². The molecule has 0 aromatic heterocycles. The number of sulfonamides is 1. The molecule has 1 atom stereocenters. The zero-order chi connectivity index (χ0) is 14.3. The van der Waals surface area contributed by atoms with Gasteiger partial charge in [0, 0.05) is 6.54 Å². The molecule has 1 aromatic rings. The van der Waals surface area contributed by atoms with Crippen LogP contribution < -0.4 is 4.72 Å². The number of aryl methyl sites for hydroxylation is 2. The van der Waals surface area contributed by atoms with Gasteiger partial charge >= 0.3 is 0 Å². The Labute approximate surface area is 114 Å². The largest absolute Gasteiger partial charge is 0.389 e. The molecule has 1 aliphatic rings. The van der Waals surface area contributed by atoms with E-state index in [1.54, 1.807) is 25.1 Å². The molecule has 0 amide bonds. The number of nitrogens with one attached hydrogen (secondary N) is 1. The molecule has 0 radical (unpaired) electrons. The smallest absolute Gasteiger partial charge is 0.240 e. The summed E-state index contributed by atoms with van der Waals surface area (Å²) >= 11 is 0. The van der Waals surface area contributed by atoms with Crippen LogP contribution in [0.5, 0.6) is 0 Å². The van der Waals surface area contributed by atoms with Gasteiger partial charge in [0.2, 0.25) is 10.0 Å². The highest BCUT2D eigenvalue weighted by Gasteiger charge is 2.40. The summed E-state index contributed by atoms with van der Waals surface area (Å²) in [4.78, 5) is 0.252. The molecule has 0 spiro atoms. The van der Waals surface area contributed by atoms with Crippen molar-refractivity contribution in [3.63, 3.8) is 0 Å². The van der Waals surface area contributed by atoms with E-state index in [4.69, 9.17) is 0 Å². The zero-order valence-corrected chi connectivity index (χ0v) is 12.4. The van der Waals surface area contributed by atoms with Crippen LogP contribution in [0.25, 0.3) is 0 Å². The maximum Gasteiger partial charge on any atom is 0.240 e. The molecule has 2 rings (SSSR count). The normalized spacial score (nSPS) is 19.2. The Balaban J connectivity index is 2.11. The summed E-state index contributed by atoms with van der Waals surface area (Å²) in [6.45, 7) is 5.58. The maximum atomic E-state index is 12.2. The summed E-state index contributed by atoms with van der Waals surface area (Å²) in [5, 5.41) is 10.1. The first-order valence-electron chi connectivity index (χ1n) is 6.52. The van der Waals surface area contributed by atoms with E-state index in [2.05, 4.69) is 4.72 Å². The minimum Gasteiger partial charge on any atom is -0.389 e. The second kappa shape index (κ2) is 4.89. The third kappa shape index (κ3) is 3.35. The van der Waals surface area contributed by atoms with Crippen LogP contribution in [-0.4, -0.2) is 25.7 Å². The molecule has 4 nitrogen and oxygen atoms in total. The van der Waals surface area contributed by atoms with Crippen molar-refractivity contribution in [3.05, 3.63) is 29.3 Å². The van der Waals surface area contributed by atoms with E-state index >= 15 is 0 Å². The lowest BCUT2D eigenvalue weighted by Crippen LogP contribution is -2.42. The van der Waals surface area contributed by atoms with Gasteiger partial charge in [0.05, 0.1) is 10.5 Å². The first kappa shape index (κ1) is 14.5. The molecule has 0 saturated heterocycles. The van der Waals surface area contributed by atoms with Crippen LogP contribution in [0.2, 0.25) is 0 Å². The van der Waals surface area contributed by atoms with Gasteiger partial charge < -0.3 is 5.11 Å². The van der Waals surface area contributed by atoms with Gasteiger partial charge in [-0.15, -0.1) is 0 Å². The number of hydrogen-bond acceptors (Lipinski definition) is 3. The van der Waals surface area contributed by atoms with Gasteiger partial charge in [-0.3, -0.25) is 0 Å². The van der Waals surface area contributed by atoms with Gasteiger partial charge in [-0.05, 0) is 62.8 Å². The summed E-state index contributed by atoms with van der Waals surface area (Å²) in [7, 11) is -3.55. The van der Waals surface area contributed by atoms with Crippen molar-refractivity contribution in [1.29, 1.82) is 0 Å². The van der Waals surface area contributed by atoms with E-state index in [1.807, 2.05) is 13.8 Å². The van der Waals surface area contributed by atoms with Gasteiger partial charge in [-0.2, -0.15) is 0 Å². The summed E-state index contributed by atoms with van der Waals surface area (Å²) in [6.07, 6.45) is 1.94. The highest BCUT2D eigenvalue weighted by atomic mass is 32.2. The topological polar surface area (TPSA) is 66.4 Å². The maximum absolute atomic E-state index is 12.2. The Bertz CT molecular complexity index is 574. The minimum absolute atomic E-state index is 0.0624. The summed E-state index contributed by atoms with van der Waals surface area (Å²) in [5.74, 6) is 0.218. The van der Waals surface area contributed by atoms with Crippen molar-refractivity contribution in [3.8, 4) is 0 Å². The summed E-state index contributed by atoms with van der Waals surface area (Å²) in [5.41, 5.74) is 1.05. The lowest BCUT2D eigenvalue weighted by Gasteiger charge is -2.23. The average molecular weight is 283 g/mol. The first-order chi connectivity index (χ1) is 8.72. The third-order valence-electron chi connectivity index (χ3n) is 3.87. The van der Waals surface area contributed by atoms with E-state index in [9.17, 15) is 13.5 Å². The summed E-state index contributed by atoms with van der Waals surface area (Å²) in [6, 6.07) is 5.04. The monoisotopic (exact) mass is 283 g/mol. The fourth-order valence-corrected chi connectivity index (χ4v) is 3.28. The van der Waals surface area contributed by atoms with E-state index in [-0.39, 0.29) is 17.4 Å². The number of aliphatic hydroxyl groups is 1. The Hall–Kier alpha value is -0.910. The lowest BCUT2D eigenvalue weighted by atomic mass is 10.0. The van der Waals surface area contributed by atoms with E-state index < -0.39 is 15.6 Å². The van der Waals surface area contributed by atoms with E-state index in [0.29, 0.717) is 0 Å². The molecule has 1 aliphatic carbocycles. The molecule has 0 heterocycles. The van der Waals surface area contributed by atoms with Crippen LogP contribution in [0.4, 0.5) is 0 Å². The molecule has 0 bridgehead atoms. The van der Waals surface area contributed by atoms with Gasteiger partial charge in [-0.1, -0.05) is 6.07 Å². The molecule has 1 saturated carbocycles. The van der Waals surface area contributed by atoms with Crippen molar-refractivity contribution >= 4 is 10.0 Å². The van der Waals surface area contributed by atoms with Crippen LogP contribution >= 0.6 is 0 Å². The van der Waals surface area contributed by atoms with Crippen molar-refractivity contribution in [1.82, 2.24) is 4.72 Å². The molecular weight excluding hydrogens is 262 g/mol. The zero-order valence-electron chi connectivity index (χ0n) is 11.6. The van der Waals surface area contributed by atoms with Gasteiger partial charge in [-0.25, -0.2) is 13.1 Å². The van der Waals surface area contributed by atoms with Crippen molar-refractivity contribution in [2.24, 2.45) is 5.92 Å². The van der Waals surface area contributed by atoms with Gasteiger partial charge in [0.25, 0.3) is 0 Å². The van der Waals surface area contributed by atoms with E-state index in [0.717, 1.165) is 24.0 Å². The molecule has 5 heteroatoms. The molecule has 1 aromatic carbocycles. The molecule has 1 unspecified atom stereocenters. The number of rotatable bonds is 5. The quantitative estimate of drug-likeness (QED) is 0.865. The second-order valence-corrected chi connectivity index (χ2v) is 7.47. The molecule has 0 aliphatic heterocycles. The fourth-order valence-electron chi connectivity index (χ4n) is 2.06. The highest BCUT2D eigenvalue weighted by molar-refractivity contribution is 7.89. The van der Waals surface area contributed by atoms with Crippen LogP contribution in [0.3, 0.4) is 0 Å². The first-order valence-corrected chi connectivity index (χ1v) is 8.00. The lowest BCUT2D eigenvalue weighted by molar-refractivity contribution is 0.0422. The van der Waals surface area contributed by atoms with Crippen molar-refractivity contribution in [2.45, 2.75) is 44.1 Å². The Kier molecular flexibility index (Phi) is 3.73. The fraction of sp³-hybridized carbons (Fsp3) is 0.571. The average Bonchev–Trinajstić information content (AvgIpc) is 3.14. The predicted octanol–water partition coefficient (Wildman–Crippen LogP) is 1.74. The van der Waals surface area contributed by atoms with Crippen LogP contribution in [-0.2, 0) is 10.0 Å². The Morgan fingerprint density at radius 2 is 1.95 bits per heavy atom. The van der Waals surface area contributed by atoms with Crippen LogP contribution in [0.1, 0.15) is 30.9 Å². The summed E-state index contributed by atoms with van der Waals surface area (Å²) < 4.78 is 26.8. The Morgan fingerprint density at radius 1 is 1.32 bits per heavy atom. The molecule has 2 N–H and O–H groups in total. The SMILES string of the molecule is Cc1ccc(S(=O)(=O)NCC(C)(O)C2CC2)cc1C. The Morgan fingerprint density at radius 3 is 2.47 bits per heavy atom. The van der Waals surface area contributed by atoms with Gasteiger partial charge in [0.15, 0.2) is 0 Å². The molecule has 106 valence electrons. The van der Waals surface area contributed by atoms with Gasteiger partial charge in [0.1, 0.15) is 0 Å². The highest BCUT2D eigenvalue weighted by Crippen LogP contribution is 2.39. The molecule has 1 fully saturated rings. The van der Waals surface area contributed by atoms with Crippen LogP contribution in [0, 0.1) is 19.8 Å². The van der Waals surface area contributed by atoms with Crippen molar-refractivity contribution < 1.29 is 13.5 Å². The number of benzene rings is 1. The van der Waals surface area contributed by atoms with Crippen molar-refractivity contribution in [2.75, 3.05) is 6.54 Å². The minimum atomic E-state index is -3.55. The predicted molar refractivity (Wildman–Crippen MR) is 74.5 cm³/mol. The molecular formula is C14H21NO3S. The molecule has 19 heavy (non-hydrogen) atoms. The standard InChI is InChI=1S/C14H21NO3S/c1-10-4-7-13(8-11(10)2)19(17,18)15-9-14(3,16)12-5-6-12/h4,7-8,12,15-16H,5-6,9H2,1-3H3. The number of hydrogen-bond donors (Lipinski definition) is 2. The second-order valence-electron chi connectivity index (χ2n) is 5.70.